The Morgan fingerprint density at radius 2 is 1.87 bits per heavy atom. The largest absolute Gasteiger partial charge is 0.241 e. The van der Waals surface area contributed by atoms with Crippen LogP contribution in [0.25, 0.3) is 0 Å². The van der Waals surface area contributed by atoms with Crippen molar-refractivity contribution in [2.75, 3.05) is 0 Å². The molecule has 76 valence electrons. The highest BCUT2D eigenvalue weighted by Crippen LogP contribution is 2.06. The van der Waals surface area contributed by atoms with Crippen LogP contribution in [0.2, 0.25) is 0 Å². The van der Waals surface area contributed by atoms with Gasteiger partial charge in [-0.1, -0.05) is 30.3 Å². The third kappa shape index (κ3) is 2.80. The Morgan fingerprint density at radius 1 is 1.07 bits per heavy atom. The number of thiol groups is 1. The summed E-state index contributed by atoms with van der Waals surface area (Å²) in [4.78, 5) is 8.64. The summed E-state index contributed by atoms with van der Waals surface area (Å²) < 4.78 is 0. The molecule has 0 bridgehead atoms. The number of hydrogen-bond acceptors (Lipinski definition) is 3. The molecule has 0 N–H and O–H groups in total. The van der Waals surface area contributed by atoms with Gasteiger partial charge in [-0.15, -0.1) is 0 Å². The first-order valence-corrected chi connectivity index (χ1v) is 5.47. The SMILES string of the molecule is SCc1ccnc(Cc2ccccc2)n1. The molecule has 0 spiro atoms. The fraction of sp³-hybridized carbons (Fsp3) is 0.167. The third-order valence-electron chi connectivity index (χ3n) is 2.13. The van der Waals surface area contributed by atoms with Crippen molar-refractivity contribution in [1.82, 2.24) is 9.97 Å². The lowest BCUT2D eigenvalue weighted by Crippen LogP contribution is -1.98. The van der Waals surface area contributed by atoms with Gasteiger partial charge in [-0.3, -0.25) is 0 Å². The van der Waals surface area contributed by atoms with Crippen molar-refractivity contribution in [1.29, 1.82) is 0 Å². The van der Waals surface area contributed by atoms with Crippen molar-refractivity contribution in [3.8, 4) is 0 Å². The van der Waals surface area contributed by atoms with E-state index in [0.717, 1.165) is 17.9 Å². The Bertz CT molecular complexity index is 429. The van der Waals surface area contributed by atoms with E-state index < -0.39 is 0 Å². The maximum Gasteiger partial charge on any atom is 0.132 e. The lowest BCUT2D eigenvalue weighted by atomic mass is 10.1. The molecule has 0 atom stereocenters. The smallest absolute Gasteiger partial charge is 0.132 e. The predicted molar refractivity (Wildman–Crippen MR) is 64.0 cm³/mol. The summed E-state index contributed by atoms with van der Waals surface area (Å²) in [6.07, 6.45) is 2.57. The van der Waals surface area contributed by atoms with Crippen LogP contribution in [0.15, 0.2) is 42.6 Å². The molecule has 0 amide bonds. The zero-order chi connectivity index (χ0) is 10.5. The maximum absolute atomic E-state index is 4.40. The van der Waals surface area contributed by atoms with Gasteiger partial charge in [0.05, 0.1) is 5.69 Å². The maximum atomic E-state index is 4.40. The highest BCUT2D eigenvalue weighted by atomic mass is 32.1. The van der Waals surface area contributed by atoms with Gasteiger partial charge in [0.15, 0.2) is 0 Å². The monoisotopic (exact) mass is 216 g/mol. The summed E-state index contributed by atoms with van der Waals surface area (Å²) >= 11 is 4.19. The minimum atomic E-state index is 0.657. The first-order valence-electron chi connectivity index (χ1n) is 4.84. The first kappa shape index (κ1) is 10.2. The number of aromatic nitrogens is 2. The third-order valence-corrected chi connectivity index (χ3v) is 2.45. The van der Waals surface area contributed by atoms with Crippen molar-refractivity contribution >= 4 is 12.6 Å². The van der Waals surface area contributed by atoms with Crippen molar-refractivity contribution < 1.29 is 0 Å². The predicted octanol–water partition coefficient (Wildman–Crippen LogP) is 2.50. The molecule has 0 saturated carbocycles. The van der Waals surface area contributed by atoms with Crippen LogP contribution < -0.4 is 0 Å². The van der Waals surface area contributed by atoms with E-state index in [1.807, 2.05) is 24.3 Å². The number of rotatable bonds is 3. The average molecular weight is 216 g/mol. The molecule has 1 heterocycles. The highest BCUT2D eigenvalue weighted by molar-refractivity contribution is 7.79. The molecule has 0 aliphatic heterocycles. The van der Waals surface area contributed by atoms with E-state index >= 15 is 0 Å². The minimum Gasteiger partial charge on any atom is -0.241 e. The molecule has 0 aliphatic rings. The second-order valence-electron chi connectivity index (χ2n) is 3.28. The lowest BCUT2D eigenvalue weighted by Gasteiger charge is -2.01. The van der Waals surface area contributed by atoms with Crippen LogP contribution in [0, 0.1) is 0 Å². The van der Waals surface area contributed by atoms with Gasteiger partial charge in [-0.2, -0.15) is 12.6 Å². The van der Waals surface area contributed by atoms with Crippen molar-refractivity contribution in [3.05, 3.63) is 59.7 Å². The lowest BCUT2D eigenvalue weighted by molar-refractivity contribution is 0.938. The Balaban J connectivity index is 2.17. The zero-order valence-corrected chi connectivity index (χ0v) is 9.19. The van der Waals surface area contributed by atoms with Crippen molar-refractivity contribution in [2.45, 2.75) is 12.2 Å². The Morgan fingerprint density at radius 3 is 2.60 bits per heavy atom. The second kappa shape index (κ2) is 4.94. The van der Waals surface area contributed by atoms with Gasteiger partial charge >= 0.3 is 0 Å². The Kier molecular flexibility index (Phi) is 3.35. The van der Waals surface area contributed by atoms with E-state index in [9.17, 15) is 0 Å². The minimum absolute atomic E-state index is 0.657. The standard InChI is InChI=1S/C12H12N2S/c15-9-11-6-7-13-12(14-11)8-10-4-2-1-3-5-10/h1-7,15H,8-9H2. The highest BCUT2D eigenvalue weighted by Gasteiger charge is 1.99. The molecule has 1 aromatic carbocycles. The van der Waals surface area contributed by atoms with Crippen LogP contribution in [0.5, 0.6) is 0 Å². The van der Waals surface area contributed by atoms with Crippen LogP contribution in [0.3, 0.4) is 0 Å². The molecule has 2 rings (SSSR count). The molecule has 2 nitrogen and oxygen atoms in total. The number of nitrogens with zero attached hydrogens (tertiary/aromatic N) is 2. The molecular formula is C12H12N2S. The molecule has 1 aromatic heterocycles. The van der Waals surface area contributed by atoms with Crippen molar-refractivity contribution in [2.24, 2.45) is 0 Å². The van der Waals surface area contributed by atoms with Gasteiger partial charge in [-0.25, -0.2) is 9.97 Å². The van der Waals surface area contributed by atoms with Crippen LogP contribution in [0.1, 0.15) is 17.1 Å². The average Bonchev–Trinajstić information content (AvgIpc) is 2.31. The molecule has 0 aliphatic carbocycles. The van der Waals surface area contributed by atoms with Crippen LogP contribution in [-0.2, 0) is 12.2 Å². The first-order chi connectivity index (χ1) is 7.38. The van der Waals surface area contributed by atoms with E-state index in [-0.39, 0.29) is 0 Å². The van der Waals surface area contributed by atoms with Gasteiger partial charge in [0.25, 0.3) is 0 Å². The molecule has 0 fully saturated rings. The number of hydrogen-bond donors (Lipinski definition) is 1. The Labute approximate surface area is 94.8 Å². The molecule has 3 heteroatoms. The van der Waals surface area contributed by atoms with E-state index in [1.165, 1.54) is 5.56 Å². The summed E-state index contributed by atoms with van der Waals surface area (Å²) in [5.74, 6) is 1.51. The summed E-state index contributed by atoms with van der Waals surface area (Å²) in [6, 6.07) is 12.1. The fourth-order valence-electron chi connectivity index (χ4n) is 1.39. The molecule has 15 heavy (non-hydrogen) atoms. The molecular weight excluding hydrogens is 204 g/mol. The Hall–Kier alpha value is -1.35. The van der Waals surface area contributed by atoms with Gasteiger partial charge < -0.3 is 0 Å². The fourth-order valence-corrected chi connectivity index (χ4v) is 1.57. The topological polar surface area (TPSA) is 25.8 Å². The van der Waals surface area contributed by atoms with Crippen LogP contribution >= 0.6 is 12.6 Å². The summed E-state index contributed by atoms with van der Waals surface area (Å²) in [5.41, 5.74) is 2.20. The zero-order valence-electron chi connectivity index (χ0n) is 8.30. The second-order valence-corrected chi connectivity index (χ2v) is 3.60. The normalized spacial score (nSPS) is 10.2. The molecule has 0 radical (unpaired) electrons. The van der Waals surface area contributed by atoms with E-state index in [2.05, 4.69) is 34.7 Å². The van der Waals surface area contributed by atoms with Gasteiger partial charge in [-0.05, 0) is 11.6 Å². The van der Waals surface area contributed by atoms with E-state index in [4.69, 9.17) is 0 Å². The number of benzene rings is 1. The van der Waals surface area contributed by atoms with E-state index in [0.29, 0.717) is 5.75 Å². The summed E-state index contributed by atoms with van der Waals surface area (Å²) in [6.45, 7) is 0. The molecule has 2 aromatic rings. The van der Waals surface area contributed by atoms with Crippen LogP contribution in [0.4, 0.5) is 0 Å². The van der Waals surface area contributed by atoms with Gasteiger partial charge in [0.2, 0.25) is 0 Å². The van der Waals surface area contributed by atoms with Gasteiger partial charge in [0, 0.05) is 18.4 Å². The molecule has 0 saturated heterocycles. The van der Waals surface area contributed by atoms with Crippen molar-refractivity contribution in [3.63, 3.8) is 0 Å². The summed E-state index contributed by atoms with van der Waals surface area (Å²) in [5, 5.41) is 0. The quantitative estimate of drug-likeness (QED) is 0.798. The molecule has 0 unspecified atom stereocenters. The van der Waals surface area contributed by atoms with Crippen LogP contribution in [-0.4, -0.2) is 9.97 Å². The van der Waals surface area contributed by atoms with Gasteiger partial charge in [0.1, 0.15) is 5.82 Å². The summed E-state index contributed by atoms with van der Waals surface area (Å²) in [7, 11) is 0. The van der Waals surface area contributed by atoms with E-state index in [1.54, 1.807) is 6.20 Å².